The van der Waals surface area contributed by atoms with Gasteiger partial charge in [-0.3, -0.25) is 4.79 Å². The molecule has 2 aromatic rings. The van der Waals surface area contributed by atoms with Crippen LogP contribution in [0.3, 0.4) is 0 Å². The first kappa shape index (κ1) is 17.9. The number of anilines is 1. The van der Waals surface area contributed by atoms with Crippen LogP contribution in [0.15, 0.2) is 48.5 Å². The molecule has 2 aromatic carbocycles. The number of benzene rings is 2. The fourth-order valence-corrected chi connectivity index (χ4v) is 2.16. The molecule has 0 heterocycles. The van der Waals surface area contributed by atoms with Crippen molar-refractivity contribution in [2.45, 2.75) is 39.7 Å². The van der Waals surface area contributed by atoms with Crippen LogP contribution in [0.25, 0.3) is 0 Å². The molecule has 4 nitrogen and oxygen atoms in total. The van der Waals surface area contributed by atoms with Crippen molar-refractivity contribution < 1.29 is 14.3 Å². The summed E-state index contributed by atoms with van der Waals surface area (Å²) in [7, 11) is 0. The van der Waals surface area contributed by atoms with E-state index in [1.165, 1.54) is 0 Å². The molecule has 128 valence electrons. The lowest BCUT2D eigenvalue weighted by atomic mass is 10.2. The topological polar surface area (TPSA) is 47.6 Å². The number of hydrogen-bond acceptors (Lipinski definition) is 3. The Bertz CT molecular complexity index is 650. The van der Waals surface area contributed by atoms with E-state index in [1.807, 2.05) is 50.2 Å². The van der Waals surface area contributed by atoms with Crippen molar-refractivity contribution in [3.63, 3.8) is 0 Å². The second-order valence-electron chi connectivity index (χ2n) is 5.87. The molecule has 4 heteroatoms. The van der Waals surface area contributed by atoms with E-state index in [0.29, 0.717) is 17.9 Å². The molecule has 0 aliphatic rings. The Morgan fingerprint density at radius 1 is 1.08 bits per heavy atom. The van der Waals surface area contributed by atoms with E-state index in [-0.39, 0.29) is 12.0 Å². The predicted octanol–water partition coefficient (Wildman–Crippen LogP) is 4.91. The van der Waals surface area contributed by atoms with E-state index in [0.717, 1.165) is 24.3 Å². The van der Waals surface area contributed by atoms with Crippen LogP contribution in [0, 0.1) is 0 Å². The molecular formula is C20H25NO3. The van der Waals surface area contributed by atoms with Gasteiger partial charge in [-0.05, 0) is 56.7 Å². The summed E-state index contributed by atoms with van der Waals surface area (Å²) in [6.45, 7) is 6.76. The summed E-state index contributed by atoms with van der Waals surface area (Å²) in [5.74, 6) is 1.37. The second kappa shape index (κ2) is 8.96. The van der Waals surface area contributed by atoms with Gasteiger partial charge in [0.15, 0.2) is 0 Å². The van der Waals surface area contributed by atoms with E-state index in [9.17, 15) is 4.79 Å². The number of ether oxygens (including phenoxy) is 2. The Balaban J connectivity index is 1.96. The summed E-state index contributed by atoms with van der Waals surface area (Å²) in [6.07, 6.45) is 2.22. The van der Waals surface area contributed by atoms with Gasteiger partial charge in [0.05, 0.1) is 12.7 Å². The molecule has 0 saturated carbocycles. The first-order valence-corrected chi connectivity index (χ1v) is 8.39. The quantitative estimate of drug-likeness (QED) is 0.701. The van der Waals surface area contributed by atoms with E-state index >= 15 is 0 Å². The summed E-state index contributed by atoms with van der Waals surface area (Å²) in [6, 6.07) is 14.6. The van der Waals surface area contributed by atoms with E-state index in [4.69, 9.17) is 9.47 Å². The first-order valence-electron chi connectivity index (χ1n) is 8.39. The maximum absolute atomic E-state index is 12.3. The standard InChI is InChI=1S/C20H25NO3/c1-4-5-13-23-18-11-9-16(10-12-18)20(22)21-17-7-6-8-19(14-17)24-15(2)3/h6-12,14-15H,4-5,13H2,1-3H3,(H,21,22). The first-order chi connectivity index (χ1) is 11.6. The van der Waals surface area contributed by atoms with Gasteiger partial charge in [-0.15, -0.1) is 0 Å². The maximum atomic E-state index is 12.3. The van der Waals surface area contributed by atoms with Crippen LogP contribution in [0.4, 0.5) is 5.69 Å². The van der Waals surface area contributed by atoms with Crippen LogP contribution in [0.5, 0.6) is 11.5 Å². The number of hydrogen-bond donors (Lipinski definition) is 1. The van der Waals surface area contributed by atoms with E-state index in [2.05, 4.69) is 12.2 Å². The monoisotopic (exact) mass is 327 g/mol. The van der Waals surface area contributed by atoms with Crippen LogP contribution in [0.2, 0.25) is 0 Å². The van der Waals surface area contributed by atoms with Crippen molar-refractivity contribution in [2.75, 3.05) is 11.9 Å². The zero-order valence-corrected chi connectivity index (χ0v) is 14.5. The SMILES string of the molecule is CCCCOc1ccc(C(=O)Nc2cccc(OC(C)C)c2)cc1. The Morgan fingerprint density at radius 2 is 1.83 bits per heavy atom. The average Bonchev–Trinajstić information content (AvgIpc) is 2.55. The zero-order valence-electron chi connectivity index (χ0n) is 14.5. The van der Waals surface area contributed by atoms with Gasteiger partial charge < -0.3 is 14.8 Å². The molecule has 0 aliphatic heterocycles. The van der Waals surface area contributed by atoms with E-state index in [1.54, 1.807) is 12.1 Å². The van der Waals surface area contributed by atoms with Crippen LogP contribution in [0.1, 0.15) is 44.0 Å². The van der Waals surface area contributed by atoms with Gasteiger partial charge in [0.1, 0.15) is 11.5 Å². The minimum atomic E-state index is -0.156. The van der Waals surface area contributed by atoms with Gasteiger partial charge in [-0.25, -0.2) is 0 Å². The van der Waals surface area contributed by atoms with Gasteiger partial charge in [0.2, 0.25) is 0 Å². The van der Waals surface area contributed by atoms with Crippen molar-refractivity contribution in [3.05, 3.63) is 54.1 Å². The highest BCUT2D eigenvalue weighted by Gasteiger charge is 2.07. The number of nitrogens with one attached hydrogen (secondary N) is 1. The highest BCUT2D eigenvalue weighted by Crippen LogP contribution is 2.20. The lowest BCUT2D eigenvalue weighted by molar-refractivity contribution is 0.102. The van der Waals surface area contributed by atoms with Crippen molar-refractivity contribution in [1.29, 1.82) is 0 Å². The zero-order chi connectivity index (χ0) is 17.4. The maximum Gasteiger partial charge on any atom is 0.255 e. The highest BCUT2D eigenvalue weighted by molar-refractivity contribution is 6.04. The molecule has 0 unspecified atom stereocenters. The Hall–Kier alpha value is -2.49. The summed E-state index contributed by atoms with van der Waals surface area (Å²) in [5, 5.41) is 2.88. The number of unbranched alkanes of at least 4 members (excludes halogenated alkanes) is 1. The van der Waals surface area contributed by atoms with Crippen LogP contribution in [-0.2, 0) is 0 Å². The average molecular weight is 327 g/mol. The molecule has 24 heavy (non-hydrogen) atoms. The van der Waals surface area contributed by atoms with Gasteiger partial charge in [0, 0.05) is 17.3 Å². The van der Waals surface area contributed by atoms with Crippen molar-refractivity contribution >= 4 is 11.6 Å². The molecular weight excluding hydrogens is 302 g/mol. The molecule has 0 saturated heterocycles. The number of rotatable bonds is 8. The second-order valence-corrected chi connectivity index (χ2v) is 5.87. The van der Waals surface area contributed by atoms with Crippen molar-refractivity contribution in [2.24, 2.45) is 0 Å². The minimum absolute atomic E-state index is 0.0937. The summed E-state index contributed by atoms with van der Waals surface area (Å²) < 4.78 is 11.2. The van der Waals surface area contributed by atoms with Crippen LogP contribution < -0.4 is 14.8 Å². The molecule has 2 rings (SSSR count). The third-order valence-corrected chi connectivity index (χ3v) is 3.35. The third kappa shape index (κ3) is 5.61. The Labute approximate surface area is 143 Å². The van der Waals surface area contributed by atoms with Crippen molar-refractivity contribution in [1.82, 2.24) is 0 Å². The molecule has 0 spiro atoms. The lowest BCUT2D eigenvalue weighted by Gasteiger charge is -2.12. The molecule has 0 aliphatic carbocycles. The summed E-state index contributed by atoms with van der Waals surface area (Å²) in [5.41, 5.74) is 1.30. The number of amides is 1. The molecule has 1 amide bonds. The minimum Gasteiger partial charge on any atom is -0.494 e. The highest BCUT2D eigenvalue weighted by atomic mass is 16.5. The lowest BCUT2D eigenvalue weighted by Crippen LogP contribution is -2.12. The Morgan fingerprint density at radius 3 is 2.50 bits per heavy atom. The fraction of sp³-hybridized carbons (Fsp3) is 0.350. The normalized spacial score (nSPS) is 10.5. The van der Waals surface area contributed by atoms with Gasteiger partial charge in [0.25, 0.3) is 5.91 Å². The van der Waals surface area contributed by atoms with Gasteiger partial charge in [-0.1, -0.05) is 19.4 Å². The molecule has 1 N–H and O–H groups in total. The third-order valence-electron chi connectivity index (χ3n) is 3.35. The molecule has 0 bridgehead atoms. The van der Waals surface area contributed by atoms with Crippen LogP contribution in [-0.4, -0.2) is 18.6 Å². The molecule has 0 fully saturated rings. The van der Waals surface area contributed by atoms with Gasteiger partial charge >= 0.3 is 0 Å². The number of carbonyl (C=O) groups excluding carboxylic acids is 1. The van der Waals surface area contributed by atoms with Gasteiger partial charge in [-0.2, -0.15) is 0 Å². The predicted molar refractivity (Wildman–Crippen MR) is 97.0 cm³/mol. The summed E-state index contributed by atoms with van der Waals surface area (Å²) >= 11 is 0. The molecule has 0 atom stereocenters. The van der Waals surface area contributed by atoms with Crippen molar-refractivity contribution in [3.8, 4) is 11.5 Å². The fourth-order valence-electron chi connectivity index (χ4n) is 2.16. The van der Waals surface area contributed by atoms with E-state index < -0.39 is 0 Å². The largest absolute Gasteiger partial charge is 0.494 e. The summed E-state index contributed by atoms with van der Waals surface area (Å²) in [4.78, 5) is 12.3. The molecule has 0 radical (unpaired) electrons. The number of carbonyl (C=O) groups is 1. The smallest absolute Gasteiger partial charge is 0.255 e. The molecule has 0 aromatic heterocycles. The Kier molecular flexibility index (Phi) is 6.67. The van der Waals surface area contributed by atoms with Crippen LogP contribution >= 0.6 is 0 Å².